The molecule has 3 nitrogen and oxygen atoms in total. The minimum atomic E-state index is -4.28. The lowest BCUT2D eigenvalue weighted by molar-refractivity contribution is 0.484. The maximum Gasteiger partial charge on any atom is 0.295 e. The Balaban J connectivity index is 3.14. The summed E-state index contributed by atoms with van der Waals surface area (Å²) in [6, 6.07) is 7.56. The third kappa shape index (κ3) is 3.29. The summed E-state index contributed by atoms with van der Waals surface area (Å²) in [5.41, 5.74) is 3.11. The van der Waals surface area contributed by atoms with E-state index in [1.165, 1.54) is 5.56 Å². The molecule has 23 heavy (non-hydrogen) atoms. The van der Waals surface area contributed by atoms with Gasteiger partial charge in [-0.2, -0.15) is 8.42 Å². The first-order chi connectivity index (χ1) is 10.6. The molecule has 0 amide bonds. The molecule has 4 heteroatoms. The zero-order valence-corrected chi connectivity index (χ0v) is 15.5. The molecule has 0 aliphatic carbocycles. The van der Waals surface area contributed by atoms with Gasteiger partial charge in [0.2, 0.25) is 0 Å². The molecular formula is C19H26O3S. The van der Waals surface area contributed by atoms with Crippen LogP contribution in [-0.2, 0) is 10.1 Å². The molecule has 0 saturated carbocycles. The van der Waals surface area contributed by atoms with E-state index in [2.05, 4.69) is 13.8 Å². The molecule has 126 valence electrons. The lowest BCUT2D eigenvalue weighted by Gasteiger charge is -2.23. The van der Waals surface area contributed by atoms with Crippen molar-refractivity contribution >= 4 is 20.9 Å². The normalized spacial score (nSPS) is 12.8. The smallest absolute Gasteiger partial charge is 0.282 e. The number of hydrogen-bond donors (Lipinski definition) is 1. The third-order valence-corrected chi connectivity index (χ3v) is 5.21. The highest BCUT2D eigenvalue weighted by molar-refractivity contribution is 7.86. The molecule has 2 rings (SSSR count). The molecule has 0 aliphatic heterocycles. The minimum absolute atomic E-state index is 0.0323. The first-order valence-corrected chi connectivity index (χ1v) is 9.56. The molecule has 2 aromatic rings. The Labute approximate surface area is 139 Å². The van der Waals surface area contributed by atoms with Crippen molar-refractivity contribution in [3.63, 3.8) is 0 Å². The number of hydrogen-bond acceptors (Lipinski definition) is 2. The summed E-state index contributed by atoms with van der Waals surface area (Å²) in [6.07, 6.45) is 0. The Bertz CT molecular complexity index is 831. The molecule has 0 unspecified atom stereocenters. The van der Waals surface area contributed by atoms with Crippen LogP contribution in [0.5, 0.6) is 0 Å². The van der Waals surface area contributed by atoms with E-state index >= 15 is 0 Å². The minimum Gasteiger partial charge on any atom is -0.282 e. The molecule has 1 N–H and O–H groups in total. The number of fused-ring (bicyclic) bond motifs is 1. The van der Waals surface area contributed by atoms with Crippen LogP contribution < -0.4 is 0 Å². The van der Waals surface area contributed by atoms with E-state index in [1.54, 1.807) is 6.07 Å². The van der Waals surface area contributed by atoms with E-state index < -0.39 is 10.1 Å². The fourth-order valence-electron chi connectivity index (χ4n) is 3.32. The Morgan fingerprint density at radius 3 is 1.87 bits per heavy atom. The van der Waals surface area contributed by atoms with Gasteiger partial charge in [-0.15, -0.1) is 0 Å². The Kier molecular flexibility index (Phi) is 4.88. The lowest BCUT2D eigenvalue weighted by atomic mass is 9.84. The van der Waals surface area contributed by atoms with Crippen LogP contribution in [0.15, 0.2) is 29.2 Å². The monoisotopic (exact) mass is 334 g/mol. The van der Waals surface area contributed by atoms with Gasteiger partial charge in [0, 0.05) is 5.39 Å². The highest BCUT2D eigenvalue weighted by Gasteiger charge is 2.24. The summed E-state index contributed by atoms with van der Waals surface area (Å²) in [4.78, 5) is 0.0323. The quantitative estimate of drug-likeness (QED) is 0.756. The standard InChI is InChI=1S/C19H26O3S/c1-11(2)14-8-7-9-15-18(13(5)6)16(12(3)4)10-17(19(14)15)23(20,21)22/h7-13H,1-6H3,(H,20,21,22). The van der Waals surface area contributed by atoms with Crippen LogP contribution in [-0.4, -0.2) is 13.0 Å². The first kappa shape index (κ1) is 18.0. The van der Waals surface area contributed by atoms with Crippen molar-refractivity contribution in [3.05, 3.63) is 41.0 Å². The molecule has 0 saturated heterocycles. The summed E-state index contributed by atoms with van der Waals surface area (Å²) < 4.78 is 33.9. The van der Waals surface area contributed by atoms with Gasteiger partial charge >= 0.3 is 0 Å². The van der Waals surface area contributed by atoms with Gasteiger partial charge in [-0.05, 0) is 45.9 Å². The average molecular weight is 334 g/mol. The van der Waals surface area contributed by atoms with Gasteiger partial charge in [-0.25, -0.2) is 0 Å². The third-order valence-electron chi connectivity index (χ3n) is 4.33. The molecule has 0 fully saturated rings. The first-order valence-electron chi connectivity index (χ1n) is 8.12. The zero-order valence-electron chi connectivity index (χ0n) is 14.7. The van der Waals surface area contributed by atoms with Gasteiger partial charge in [0.05, 0.1) is 0 Å². The predicted octanol–water partition coefficient (Wildman–Crippen LogP) is 5.46. The van der Waals surface area contributed by atoms with Crippen LogP contribution in [0.25, 0.3) is 10.8 Å². The summed E-state index contributed by atoms with van der Waals surface area (Å²) in [5.74, 6) is 0.622. The number of benzene rings is 2. The zero-order chi connectivity index (χ0) is 17.5. The van der Waals surface area contributed by atoms with E-state index in [1.807, 2.05) is 45.9 Å². The SMILES string of the molecule is CC(C)c1cc(S(=O)(=O)O)c2c(C(C)C)cccc2c1C(C)C. The maximum atomic E-state index is 12.0. The van der Waals surface area contributed by atoms with Gasteiger partial charge in [-0.3, -0.25) is 4.55 Å². The van der Waals surface area contributed by atoms with Crippen molar-refractivity contribution in [1.82, 2.24) is 0 Å². The van der Waals surface area contributed by atoms with Gasteiger partial charge in [0.1, 0.15) is 4.90 Å². The molecular weight excluding hydrogens is 308 g/mol. The van der Waals surface area contributed by atoms with Crippen molar-refractivity contribution < 1.29 is 13.0 Å². The van der Waals surface area contributed by atoms with Crippen molar-refractivity contribution in [2.24, 2.45) is 0 Å². The van der Waals surface area contributed by atoms with Gasteiger partial charge in [0.25, 0.3) is 10.1 Å². The second-order valence-corrected chi connectivity index (χ2v) is 8.48. The van der Waals surface area contributed by atoms with Crippen LogP contribution in [0.3, 0.4) is 0 Å². The van der Waals surface area contributed by atoms with Crippen molar-refractivity contribution in [2.75, 3.05) is 0 Å². The highest BCUT2D eigenvalue weighted by atomic mass is 32.2. The van der Waals surface area contributed by atoms with E-state index in [4.69, 9.17) is 0 Å². The Morgan fingerprint density at radius 1 is 0.870 bits per heavy atom. The fourth-order valence-corrected chi connectivity index (χ4v) is 4.08. The van der Waals surface area contributed by atoms with Crippen LogP contribution in [0.2, 0.25) is 0 Å². The van der Waals surface area contributed by atoms with E-state index in [-0.39, 0.29) is 22.6 Å². The molecule has 0 heterocycles. The Morgan fingerprint density at radius 2 is 1.43 bits per heavy atom. The molecule has 0 aliphatic rings. The average Bonchev–Trinajstić information content (AvgIpc) is 2.42. The molecule has 2 aromatic carbocycles. The van der Waals surface area contributed by atoms with Crippen molar-refractivity contribution in [2.45, 2.75) is 64.2 Å². The van der Waals surface area contributed by atoms with E-state index in [0.717, 1.165) is 16.5 Å². The van der Waals surface area contributed by atoms with Crippen LogP contribution in [0.1, 0.15) is 76.0 Å². The van der Waals surface area contributed by atoms with Crippen molar-refractivity contribution in [1.29, 1.82) is 0 Å². The molecule has 0 atom stereocenters. The summed E-state index contributed by atoms with van der Waals surface area (Å²) in [5, 5.41) is 1.60. The lowest BCUT2D eigenvalue weighted by Crippen LogP contribution is -2.08. The Hall–Kier alpha value is -1.39. The molecule has 0 radical (unpaired) electrons. The molecule has 0 spiro atoms. The van der Waals surface area contributed by atoms with Gasteiger partial charge in [-0.1, -0.05) is 59.7 Å². The van der Waals surface area contributed by atoms with Gasteiger partial charge in [0.15, 0.2) is 0 Å². The topological polar surface area (TPSA) is 54.4 Å². The van der Waals surface area contributed by atoms with Crippen LogP contribution in [0.4, 0.5) is 0 Å². The van der Waals surface area contributed by atoms with Crippen LogP contribution >= 0.6 is 0 Å². The second kappa shape index (κ2) is 6.25. The van der Waals surface area contributed by atoms with Crippen molar-refractivity contribution in [3.8, 4) is 0 Å². The number of rotatable bonds is 4. The summed E-state index contributed by atoms with van der Waals surface area (Å²) in [7, 11) is -4.28. The second-order valence-electron chi connectivity index (χ2n) is 7.09. The predicted molar refractivity (Wildman–Crippen MR) is 96.0 cm³/mol. The highest BCUT2D eigenvalue weighted by Crippen LogP contribution is 2.40. The molecule has 0 bridgehead atoms. The summed E-state index contributed by atoms with van der Waals surface area (Å²) >= 11 is 0. The maximum absolute atomic E-state index is 12.0. The van der Waals surface area contributed by atoms with E-state index in [9.17, 15) is 13.0 Å². The fraction of sp³-hybridized carbons (Fsp3) is 0.474. The molecule has 0 aromatic heterocycles. The van der Waals surface area contributed by atoms with Gasteiger partial charge < -0.3 is 0 Å². The van der Waals surface area contributed by atoms with E-state index in [0.29, 0.717) is 5.39 Å². The largest absolute Gasteiger partial charge is 0.295 e. The van der Waals surface area contributed by atoms with Crippen LogP contribution in [0, 0.1) is 0 Å². The summed E-state index contributed by atoms with van der Waals surface area (Å²) in [6.45, 7) is 12.4.